The number of ether oxygens (including phenoxy) is 1. The predicted molar refractivity (Wildman–Crippen MR) is 143 cm³/mol. The molecule has 0 bridgehead atoms. The molecule has 0 fully saturated rings. The van der Waals surface area contributed by atoms with Crippen LogP contribution in [0.3, 0.4) is 0 Å². The highest BCUT2D eigenvalue weighted by molar-refractivity contribution is 7.12. The Balaban J connectivity index is 1.42. The molecule has 4 aromatic rings. The third kappa shape index (κ3) is 6.33. The monoisotopic (exact) mass is 489 g/mol. The number of amides is 1. The number of aromatic nitrogens is 1. The Bertz CT molecular complexity index is 1320. The molecule has 2 aromatic heterocycles. The molecule has 6 N–H and O–H groups in total. The van der Waals surface area contributed by atoms with Crippen LogP contribution in [0.1, 0.15) is 15.2 Å². The van der Waals surface area contributed by atoms with Gasteiger partial charge >= 0.3 is 0 Å². The van der Waals surface area contributed by atoms with Crippen LogP contribution < -0.4 is 27.2 Å². The number of carbonyl (C=O) groups is 1. The number of thiophene rings is 1. The normalized spacial score (nSPS) is 11.3. The van der Waals surface area contributed by atoms with Crippen molar-refractivity contribution in [2.45, 2.75) is 6.54 Å². The number of fused-ring (bicyclic) bond motifs is 1. The number of nitrogens with one attached hydrogen (secondary N) is 4. The van der Waals surface area contributed by atoms with Gasteiger partial charge in [-0.1, -0.05) is 24.3 Å². The smallest absolute Gasteiger partial charge is 0.267 e. The first-order valence-electron chi connectivity index (χ1n) is 11.0. The van der Waals surface area contributed by atoms with Gasteiger partial charge in [-0.15, -0.1) is 11.3 Å². The summed E-state index contributed by atoms with van der Waals surface area (Å²) in [4.78, 5) is 22.3. The SMILES string of the molecule is COCCN=C(NN)Nc1cccc(NC(=O)c2sccc2NCc2ccnc3ccccc23)c1. The van der Waals surface area contributed by atoms with Gasteiger partial charge < -0.3 is 20.7 Å². The first-order chi connectivity index (χ1) is 17.2. The van der Waals surface area contributed by atoms with Gasteiger partial charge in [-0.2, -0.15) is 0 Å². The standard InChI is InChI=1S/C25H27N7O2S/c1-34-13-12-28-25(32-26)31-19-6-4-5-18(15-19)30-24(33)23-22(10-14-35-23)29-16-17-9-11-27-21-8-3-2-7-20(17)21/h2-11,14-15,29H,12-13,16,26H2,1H3,(H,30,33)(H2,28,31,32). The lowest BCUT2D eigenvalue weighted by Crippen LogP contribution is -2.36. The molecular formula is C25H27N7O2S. The molecule has 10 heteroatoms. The van der Waals surface area contributed by atoms with Gasteiger partial charge in [0.05, 0.1) is 24.4 Å². The molecule has 0 aliphatic carbocycles. The molecule has 0 saturated carbocycles. The molecule has 0 atom stereocenters. The topological polar surface area (TPSA) is 126 Å². The lowest BCUT2D eigenvalue weighted by molar-refractivity contribution is 0.103. The van der Waals surface area contributed by atoms with Crippen molar-refractivity contribution in [2.24, 2.45) is 10.8 Å². The van der Waals surface area contributed by atoms with E-state index in [2.05, 4.69) is 37.4 Å². The van der Waals surface area contributed by atoms with Crippen LogP contribution in [0, 0.1) is 0 Å². The summed E-state index contributed by atoms with van der Waals surface area (Å²) in [5.74, 6) is 5.75. The number of nitrogens with two attached hydrogens (primary N) is 1. The van der Waals surface area contributed by atoms with E-state index in [9.17, 15) is 4.79 Å². The van der Waals surface area contributed by atoms with E-state index in [0.717, 1.165) is 27.8 Å². The molecule has 0 saturated heterocycles. The van der Waals surface area contributed by atoms with E-state index in [-0.39, 0.29) is 5.91 Å². The molecule has 0 unspecified atom stereocenters. The van der Waals surface area contributed by atoms with Crippen LogP contribution >= 0.6 is 11.3 Å². The second kappa shape index (κ2) is 11.9. The highest BCUT2D eigenvalue weighted by Crippen LogP contribution is 2.26. The Morgan fingerprint density at radius 2 is 1.91 bits per heavy atom. The number of carbonyl (C=O) groups excluding carboxylic acids is 1. The number of hydrogen-bond acceptors (Lipinski definition) is 7. The van der Waals surface area contributed by atoms with Crippen molar-refractivity contribution in [2.75, 3.05) is 36.2 Å². The van der Waals surface area contributed by atoms with Crippen LogP contribution in [0.4, 0.5) is 17.1 Å². The first-order valence-corrected chi connectivity index (χ1v) is 11.9. The summed E-state index contributed by atoms with van der Waals surface area (Å²) in [6, 6.07) is 19.2. The van der Waals surface area contributed by atoms with Gasteiger partial charge in [0.15, 0.2) is 0 Å². The number of methoxy groups -OCH3 is 1. The Morgan fingerprint density at radius 1 is 1.09 bits per heavy atom. The Kier molecular flexibility index (Phi) is 8.23. The number of aliphatic imine (C=N–C) groups is 1. The van der Waals surface area contributed by atoms with Crippen LogP contribution in [-0.4, -0.2) is 37.1 Å². The lowest BCUT2D eigenvalue weighted by Gasteiger charge is -2.12. The fourth-order valence-corrected chi connectivity index (χ4v) is 4.26. The zero-order valence-corrected chi connectivity index (χ0v) is 20.1. The number of hydrogen-bond donors (Lipinski definition) is 5. The fourth-order valence-electron chi connectivity index (χ4n) is 3.49. The molecule has 1 amide bonds. The van der Waals surface area contributed by atoms with E-state index in [4.69, 9.17) is 10.6 Å². The first kappa shape index (κ1) is 24.1. The van der Waals surface area contributed by atoms with E-state index < -0.39 is 0 Å². The molecule has 2 aromatic carbocycles. The average molecular weight is 490 g/mol. The quantitative estimate of drug-likeness (QED) is 0.0790. The fraction of sp³-hybridized carbons (Fsp3) is 0.160. The van der Waals surface area contributed by atoms with Crippen LogP contribution in [0.15, 0.2) is 77.2 Å². The van der Waals surface area contributed by atoms with Crippen LogP contribution in [0.2, 0.25) is 0 Å². The maximum Gasteiger partial charge on any atom is 0.267 e. The largest absolute Gasteiger partial charge is 0.383 e. The van der Waals surface area contributed by atoms with E-state index in [1.165, 1.54) is 11.3 Å². The summed E-state index contributed by atoms with van der Waals surface area (Å²) >= 11 is 1.39. The molecular weight excluding hydrogens is 462 g/mol. The van der Waals surface area contributed by atoms with Gasteiger partial charge in [-0.05, 0) is 47.3 Å². The molecule has 9 nitrogen and oxygen atoms in total. The van der Waals surface area contributed by atoms with Crippen molar-refractivity contribution in [1.29, 1.82) is 0 Å². The maximum absolute atomic E-state index is 13.0. The van der Waals surface area contributed by atoms with Crippen molar-refractivity contribution >= 4 is 51.2 Å². The summed E-state index contributed by atoms with van der Waals surface area (Å²) < 4.78 is 5.00. The number of pyridine rings is 1. The third-order valence-electron chi connectivity index (χ3n) is 5.17. The van der Waals surface area contributed by atoms with Crippen molar-refractivity contribution in [1.82, 2.24) is 10.4 Å². The van der Waals surface area contributed by atoms with E-state index in [0.29, 0.717) is 36.2 Å². The molecule has 35 heavy (non-hydrogen) atoms. The summed E-state index contributed by atoms with van der Waals surface area (Å²) in [5, 5.41) is 12.4. The number of nitrogens with zero attached hydrogens (tertiary/aromatic N) is 2. The number of hydrazine groups is 1. The summed E-state index contributed by atoms with van der Waals surface area (Å²) in [6.07, 6.45) is 1.80. The molecule has 0 aliphatic rings. The molecule has 0 spiro atoms. The summed E-state index contributed by atoms with van der Waals surface area (Å²) in [5.41, 5.74) is 6.74. The number of para-hydroxylation sites is 1. The lowest BCUT2D eigenvalue weighted by atomic mass is 10.1. The van der Waals surface area contributed by atoms with Gasteiger partial charge in [0.1, 0.15) is 4.88 Å². The van der Waals surface area contributed by atoms with Crippen molar-refractivity contribution in [3.63, 3.8) is 0 Å². The zero-order chi connectivity index (χ0) is 24.5. The second-order valence-electron chi connectivity index (χ2n) is 7.53. The number of guanidine groups is 1. The minimum absolute atomic E-state index is 0.190. The predicted octanol–water partition coefficient (Wildman–Crippen LogP) is 4.04. The maximum atomic E-state index is 13.0. The molecule has 4 rings (SSSR count). The number of anilines is 3. The van der Waals surface area contributed by atoms with E-state index in [1.807, 2.05) is 60.0 Å². The van der Waals surface area contributed by atoms with E-state index in [1.54, 1.807) is 13.3 Å². The van der Waals surface area contributed by atoms with Gasteiger partial charge in [-0.25, -0.2) is 10.8 Å². The van der Waals surface area contributed by atoms with Gasteiger partial charge in [0.25, 0.3) is 5.91 Å². The molecule has 2 heterocycles. The van der Waals surface area contributed by atoms with Gasteiger partial charge in [0, 0.05) is 36.6 Å². The minimum atomic E-state index is -0.190. The Labute approximate surface area is 207 Å². The van der Waals surface area contributed by atoms with Crippen molar-refractivity contribution in [3.8, 4) is 0 Å². The minimum Gasteiger partial charge on any atom is -0.383 e. The Morgan fingerprint density at radius 3 is 2.74 bits per heavy atom. The summed E-state index contributed by atoms with van der Waals surface area (Å²) in [7, 11) is 1.61. The summed E-state index contributed by atoms with van der Waals surface area (Å²) in [6.45, 7) is 1.52. The van der Waals surface area contributed by atoms with E-state index >= 15 is 0 Å². The zero-order valence-electron chi connectivity index (χ0n) is 19.2. The molecule has 0 aliphatic heterocycles. The van der Waals surface area contributed by atoms with Crippen molar-refractivity contribution < 1.29 is 9.53 Å². The highest BCUT2D eigenvalue weighted by atomic mass is 32.1. The molecule has 180 valence electrons. The number of benzene rings is 2. The van der Waals surface area contributed by atoms with Crippen molar-refractivity contribution in [3.05, 3.63) is 82.7 Å². The second-order valence-corrected chi connectivity index (χ2v) is 8.45. The Hall–Kier alpha value is -3.99. The number of rotatable bonds is 9. The van der Waals surface area contributed by atoms with Gasteiger partial charge in [0.2, 0.25) is 5.96 Å². The molecule has 0 radical (unpaired) electrons. The highest BCUT2D eigenvalue weighted by Gasteiger charge is 2.14. The van der Waals surface area contributed by atoms with Gasteiger partial charge in [-0.3, -0.25) is 15.2 Å². The average Bonchev–Trinajstić information content (AvgIpc) is 3.36. The van der Waals surface area contributed by atoms with Crippen LogP contribution in [0.5, 0.6) is 0 Å². The third-order valence-corrected chi connectivity index (χ3v) is 6.08. The van der Waals surface area contributed by atoms with Crippen LogP contribution in [0.25, 0.3) is 10.9 Å². The van der Waals surface area contributed by atoms with Crippen LogP contribution in [-0.2, 0) is 11.3 Å².